The van der Waals surface area contributed by atoms with E-state index in [9.17, 15) is 10.2 Å². The van der Waals surface area contributed by atoms with Crippen molar-refractivity contribution in [3.05, 3.63) is 0 Å². The van der Waals surface area contributed by atoms with Crippen LogP contribution in [0.3, 0.4) is 0 Å². The second-order valence-electron chi connectivity index (χ2n) is 5.58. The SMILES string of the molecule is CCCCCCCCCC(O)CCC(O)CCC. The molecule has 0 aliphatic rings. The van der Waals surface area contributed by atoms with Gasteiger partial charge in [0.1, 0.15) is 0 Å². The van der Waals surface area contributed by atoms with Crippen LogP contribution in [-0.2, 0) is 0 Å². The fourth-order valence-corrected chi connectivity index (χ4v) is 2.34. The van der Waals surface area contributed by atoms with Crippen LogP contribution < -0.4 is 0 Å². The molecule has 2 N–H and O–H groups in total. The minimum absolute atomic E-state index is 0.202. The molecule has 0 fully saturated rings. The Bertz CT molecular complexity index is 159. The summed E-state index contributed by atoms with van der Waals surface area (Å²) >= 11 is 0. The van der Waals surface area contributed by atoms with Gasteiger partial charge in [0, 0.05) is 0 Å². The normalized spacial score (nSPS) is 14.7. The molecule has 0 aliphatic carbocycles. The molecule has 110 valence electrons. The van der Waals surface area contributed by atoms with E-state index >= 15 is 0 Å². The van der Waals surface area contributed by atoms with Gasteiger partial charge in [-0.2, -0.15) is 0 Å². The van der Waals surface area contributed by atoms with Gasteiger partial charge in [0.15, 0.2) is 0 Å². The third kappa shape index (κ3) is 12.4. The highest BCUT2D eigenvalue weighted by atomic mass is 16.3. The average Bonchev–Trinajstić information content (AvgIpc) is 2.35. The lowest BCUT2D eigenvalue weighted by Crippen LogP contribution is -2.13. The van der Waals surface area contributed by atoms with Crippen molar-refractivity contribution in [1.29, 1.82) is 0 Å². The van der Waals surface area contributed by atoms with Crippen LogP contribution in [0.25, 0.3) is 0 Å². The molecule has 18 heavy (non-hydrogen) atoms. The molecule has 0 rings (SSSR count). The second kappa shape index (κ2) is 13.4. The molecule has 2 nitrogen and oxygen atoms in total. The summed E-state index contributed by atoms with van der Waals surface area (Å²) in [4.78, 5) is 0. The zero-order chi connectivity index (χ0) is 13.6. The summed E-state index contributed by atoms with van der Waals surface area (Å²) in [5.41, 5.74) is 0. The van der Waals surface area contributed by atoms with E-state index < -0.39 is 0 Å². The number of unbranched alkanes of at least 4 members (excludes halogenated alkanes) is 6. The fraction of sp³-hybridized carbons (Fsp3) is 1.00. The molecule has 0 aliphatic heterocycles. The lowest BCUT2D eigenvalue weighted by atomic mass is 10.0. The van der Waals surface area contributed by atoms with Crippen molar-refractivity contribution in [3.63, 3.8) is 0 Å². The van der Waals surface area contributed by atoms with Gasteiger partial charge in [-0.15, -0.1) is 0 Å². The van der Waals surface area contributed by atoms with Crippen LogP contribution >= 0.6 is 0 Å². The molecule has 0 radical (unpaired) electrons. The van der Waals surface area contributed by atoms with Crippen molar-refractivity contribution in [2.45, 2.75) is 103 Å². The van der Waals surface area contributed by atoms with Gasteiger partial charge in [-0.3, -0.25) is 0 Å². The molecule has 0 aromatic carbocycles. The van der Waals surface area contributed by atoms with Crippen molar-refractivity contribution in [2.75, 3.05) is 0 Å². The summed E-state index contributed by atoms with van der Waals surface area (Å²) in [5, 5.41) is 19.4. The molecule has 2 unspecified atom stereocenters. The molecule has 0 spiro atoms. The predicted molar refractivity (Wildman–Crippen MR) is 78.8 cm³/mol. The molecule has 0 amide bonds. The van der Waals surface area contributed by atoms with Crippen molar-refractivity contribution in [1.82, 2.24) is 0 Å². The highest BCUT2D eigenvalue weighted by Gasteiger charge is 2.08. The minimum Gasteiger partial charge on any atom is -0.393 e. The van der Waals surface area contributed by atoms with Crippen molar-refractivity contribution < 1.29 is 10.2 Å². The molecule has 2 heteroatoms. The van der Waals surface area contributed by atoms with Gasteiger partial charge in [0.25, 0.3) is 0 Å². The fourth-order valence-electron chi connectivity index (χ4n) is 2.34. The van der Waals surface area contributed by atoms with Gasteiger partial charge in [-0.25, -0.2) is 0 Å². The maximum Gasteiger partial charge on any atom is 0.0541 e. The standard InChI is InChI=1S/C16H34O2/c1-3-5-6-7-8-9-10-12-16(18)14-13-15(17)11-4-2/h15-18H,3-14H2,1-2H3. The van der Waals surface area contributed by atoms with E-state index in [1.807, 2.05) is 0 Å². The Morgan fingerprint density at radius 3 is 1.61 bits per heavy atom. The molecule has 0 saturated heterocycles. The van der Waals surface area contributed by atoms with Crippen molar-refractivity contribution in [3.8, 4) is 0 Å². The molecule has 0 aromatic heterocycles. The lowest BCUT2D eigenvalue weighted by molar-refractivity contribution is 0.102. The summed E-state index contributed by atoms with van der Waals surface area (Å²) in [5.74, 6) is 0. The van der Waals surface area contributed by atoms with Crippen LogP contribution in [0.4, 0.5) is 0 Å². The Balaban J connectivity index is 3.23. The average molecular weight is 258 g/mol. The summed E-state index contributed by atoms with van der Waals surface area (Å²) in [6.07, 6.45) is 13.0. The smallest absolute Gasteiger partial charge is 0.0541 e. The van der Waals surface area contributed by atoms with Gasteiger partial charge in [-0.05, 0) is 25.7 Å². The van der Waals surface area contributed by atoms with E-state index in [-0.39, 0.29) is 12.2 Å². The zero-order valence-corrected chi connectivity index (χ0v) is 12.5. The number of hydrogen-bond donors (Lipinski definition) is 2. The molecular formula is C16H34O2. The van der Waals surface area contributed by atoms with Crippen LogP contribution in [0.5, 0.6) is 0 Å². The third-order valence-corrected chi connectivity index (χ3v) is 3.60. The van der Waals surface area contributed by atoms with Gasteiger partial charge in [0.05, 0.1) is 12.2 Å². The third-order valence-electron chi connectivity index (χ3n) is 3.60. The monoisotopic (exact) mass is 258 g/mol. The molecule has 0 heterocycles. The Morgan fingerprint density at radius 1 is 0.556 bits per heavy atom. The van der Waals surface area contributed by atoms with Crippen LogP contribution in [0, 0.1) is 0 Å². The summed E-state index contributed by atoms with van der Waals surface area (Å²) in [6, 6.07) is 0. The molecule has 0 bridgehead atoms. The number of aliphatic hydroxyl groups is 2. The van der Waals surface area contributed by atoms with Gasteiger partial charge < -0.3 is 10.2 Å². The first-order chi connectivity index (χ1) is 8.70. The summed E-state index contributed by atoms with van der Waals surface area (Å²) in [6.45, 7) is 4.32. The highest BCUT2D eigenvalue weighted by molar-refractivity contribution is 4.61. The van der Waals surface area contributed by atoms with E-state index in [4.69, 9.17) is 0 Å². The van der Waals surface area contributed by atoms with E-state index in [0.717, 1.165) is 38.5 Å². The number of rotatable bonds is 13. The maximum atomic E-state index is 9.80. The van der Waals surface area contributed by atoms with Crippen LogP contribution in [0.15, 0.2) is 0 Å². The Kier molecular flexibility index (Phi) is 13.3. The topological polar surface area (TPSA) is 40.5 Å². The van der Waals surface area contributed by atoms with E-state index in [0.29, 0.717) is 0 Å². The van der Waals surface area contributed by atoms with Crippen LogP contribution in [0.2, 0.25) is 0 Å². The first-order valence-electron chi connectivity index (χ1n) is 8.06. The Hall–Kier alpha value is -0.0800. The first-order valence-corrected chi connectivity index (χ1v) is 8.06. The van der Waals surface area contributed by atoms with Crippen LogP contribution in [0.1, 0.15) is 90.9 Å². The largest absolute Gasteiger partial charge is 0.393 e. The van der Waals surface area contributed by atoms with E-state index in [1.54, 1.807) is 0 Å². The van der Waals surface area contributed by atoms with E-state index in [1.165, 1.54) is 38.5 Å². The number of hydrogen-bond acceptors (Lipinski definition) is 2. The molecule has 2 atom stereocenters. The quantitative estimate of drug-likeness (QED) is 0.480. The Labute approximate surface area is 114 Å². The summed E-state index contributed by atoms with van der Waals surface area (Å²) < 4.78 is 0. The number of aliphatic hydroxyl groups excluding tert-OH is 2. The van der Waals surface area contributed by atoms with Crippen molar-refractivity contribution >= 4 is 0 Å². The minimum atomic E-state index is -0.210. The zero-order valence-electron chi connectivity index (χ0n) is 12.5. The van der Waals surface area contributed by atoms with Crippen LogP contribution in [-0.4, -0.2) is 22.4 Å². The summed E-state index contributed by atoms with van der Waals surface area (Å²) in [7, 11) is 0. The van der Waals surface area contributed by atoms with Crippen molar-refractivity contribution in [2.24, 2.45) is 0 Å². The maximum absolute atomic E-state index is 9.80. The highest BCUT2D eigenvalue weighted by Crippen LogP contribution is 2.13. The molecule has 0 aromatic rings. The second-order valence-corrected chi connectivity index (χ2v) is 5.58. The predicted octanol–water partition coefficient (Wildman–Crippen LogP) is 4.43. The lowest BCUT2D eigenvalue weighted by Gasteiger charge is -2.13. The molecule has 0 saturated carbocycles. The Morgan fingerprint density at radius 2 is 1.06 bits per heavy atom. The van der Waals surface area contributed by atoms with Gasteiger partial charge >= 0.3 is 0 Å². The van der Waals surface area contributed by atoms with Gasteiger partial charge in [0.2, 0.25) is 0 Å². The van der Waals surface area contributed by atoms with E-state index in [2.05, 4.69) is 13.8 Å². The first kappa shape index (κ1) is 17.9. The van der Waals surface area contributed by atoms with Gasteiger partial charge in [-0.1, -0.05) is 65.2 Å². The molecular weight excluding hydrogens is 224 g/mol.